The van der Waals surface area contributed by atoms with Gasteiger partial charge in [-0.2, -0.15) is 0 Å². The highest BCUT2D eigenvalue weighted by atomic mass is 127. The van der Waals surface area contributed by atoms with Crippen LogP contribution < -0.4 is 0 Å². The Labute approximate surface area is 59.1 Å². The summed E-state index contributed by atoms with van der Waals surface area (Å²) in [5.74, 6) is 0. The van der Waals surface area contributed by atoms with E-state index in [0.717, 1.165) is 0 Å². The molecule has 1 heteroatoms. The van der Waals surface area contributed by atoms with E-state index in [9.17, 15) is 0 Å². The Hall–Kier alpha value is 0.470. The van der Waals surface area contributed by atoms with Crippen LogP contribution in [0, 0.1) is 0 Å². The largest absolute Gasteiger partial charge is 0.0755 e. The van der Waals surface area contributed by atoms with Crippen molar-refractivity contribution in [3.63, 3.8) is 0 Å². The predicted octanol–water partition coefficient (Wildman–Crippen LogP) is 3.13. The molecule has 0 saturated carbocycles. The maximum absolute atomic E-state index is 2.33. The molecule has 0 amide bonds. The van der Waals surface area contributed by atoms with Gasteiger partial charge in [-0.1, -0.05) is 19.4 Å². The lowest BCUT2D eigenvalue weighted by Gasteiger charge is -1.83. The van der Waals surface area contributed by atoms with E-state index in [4.69, 9.17) is 0 Å². The van der Waals surface area contributed by atoms with Gasteiger partial charge in [-0.05, 0) is 39.5 Å². The van der Waals surface area contributed by atoms with E-state index in [-0.39, 0.29) is 0 Å². The van der Waals surface area contributed by atoms with Gasteiger partial charge in [0.1, 0.15) is 0 Å². The van der Waals surface area contributed by atoms with E-state index < -0.39 is 0 Å². The Bertz CT molecular complexity index is 60.6. The van der Waals surface area contributed by atoms with Crippen molar-refractivity contribution in [2.75, 3.05) is 0 Å². The van der Waals surface area contributed by atoms with Crippen LogP contribution in [0.1, 0.15) is 26.7 Å². The molecule has 0 atom stereocenters. The van der Waals surface area contributed by atoms with Gasteiger partial charge in [0.05, 0.1) is 0 Å². The molecule has 0 aliphatic rings. The van der Waals surface area contributed by atoms with Gasteiger partial charge in [-0.15, -0.1) is 0 Å². The van der Waals surface area contributed by atoms with Crippen LogP contribution in [0.4, 0.5) is 0 Å². The summed E-state index contributed by atoms with van der Waals surface area (Å²) in [6.45, 7) is 4.31. The summed E-state index contributed by atoms with van der Waals surface area (Å²) >= 11 is 2.33. The fourth-order valence-electron chi connectivity index (χ4n) is 0.343. The summed E-state index contributed by atoms with van der Waals surface area (Å²) < 4.78 is 1.40. The zero-order chi connectivity index (χ0) is 5.70. The van der Waals surface area contributed by atoms with E-state index in [1.54, 1.807) is 0 Å². The molecule has 0 aromatic carbocycles. The van der Waals surface area contributed by atoms with Gasteiger partial charge in [-0.3, -0.25) is 0 Å². The summed E-state index contributed by atoms with van der Waals surface area (Å²) in [6.07, 6.45) is 4.75. The molecule has 0 N–H and O–H groups in total. The number of allylic oxidation sites excluding steroid dienone is 2. The van der Waals surface area contributed by atoms with E-state index in [2.05, 4.69) is 42.5 Å². The smallest absolute Gasteiger partial charge is 0.0165 e. The Morgan fingerprint density at radius 3 is 2.43 bits per heavy atom. The fourth-order valence-corrected chi connectivity index (χ4v) is 0.655. The molecule has 0 aliphatic heterocycles. The van der Waals surface area contributed by atoms with Crippen molar-refractivity contribution in [3.8, 4) is 0 Å². The maximum Gasteiger partial charge on any atom is -0.0165 e. The van der Waals surface area contributed by atoms with E-state index in [0.29, 0.717) is 0 Å². The monoisotopic (exact) mass is 210 g/mol. The molecule has 0 heterocycles. The molecule has 0 radical (unpaired) electrons. The first kappa shape index (κ1) is 7.47. The molecular formula is C6H11I. The summed E-state index contributed by atoms with van der Waals surface area (Å²) in [7, 11) is 0. The quantitative estimate of drug-likeness (QED) is 0.614. The average Bonchev–Trinajstić information content (AvgIpc) is 1.61. The van der Waals surface area contributed by atoms with Crippen molar-refractivity contribution in [1.82, 2.24) is 0 Å². The second kappa shape index (κ2) is 4.62. The topological polar surface area (TPSA) is 0 Å². The first-order valence-corrected chi connectivity index (χ1v) is 3.67. The first-order chi connectivity index (χ1) is 3.27. The van der Waals surface area contributed by atoms with Crippen molar-refractivity contribution in [2.24, 2.45) is 0 Å². The molecule has 0 bridgehead atoms. The number of unbranched alkanes of at least 4 members (excludes halogenated alkanes) is 1. The zero-order valence-electron chi connectivity index (χ0n) is 4.87. The highest BCUT2D eigenvalue weighted by Crippen LogP contribution is 2.04. The highest BCUT2D eigenvalue weighted by molar-refractivity contribution is 14.1. The van der Waals surface area contributed by atoms with E-state index >= 15 is 0 Å². The predicted molar refractivity (Wildman–Crippen MR) is 42.7 cm³/mol. The molecule has 42 valence electrons. The molecule has 0 aromatic rings. The summed E-state index contributed by atoms with van der Waals surface area (Å²) in [5.41, 5.74) is 0. The molecule has 0 unspecified atom stereocenters. The van der Waals surface area contributed by atoms with E-state index in [1.165, 1.54) is 16.4 Å². The van der Waals surface area contributed by atoms with Crippen LogP contribution in [-0.4, -0.2) is 0 Å². The number of halogens is 1. The molecule has 0 aliphatic carbocycles. The first-order valence-electron chi connectivity index (χ1n) is 2.59. The Morgan fingerprint density at radius 2 is 2.29 bits per heavy atom. The lowest BCUT2D eigenvalue weighted by atomic mass is 10.3. The SMILES string of the molecule is CCC/C=C(\C)I. The molecule has 7 heavy (non-hydrogen) atoms. The van der Waals surface area contributed by atoms with Crippen LogP contribution >= 0.6 is 22.6 Å². The van der Waals surface area contributed by atoms with Gasteiger partial charge in [0.15, 0.2) is 0 Å². The van der Waals surface area contributed by atoms with Crippen molar-refractivity contribution in [1.29, 1.82) is 0 Å². The lowest BCUT2D eigenvalue weighted by Crippen LogP contribution is -1.60. The van der Waals surface area contributed by atoms with Crippen LogP contribution in [0.3, 0.4) is 0 Å². The molecule has 0 fully saturated rings. The standard InChI is InChI=1S/C6H11I/c1-3-4-5-6(2)7/h5H,3-4H2,1-2H3/b6-5+. The third-order valence-electron chi connectivity index (χ3n) is 0.714. The van der Waals surface area contributed by atoms with Crippen LogP contribution in [-0.2, 0) is 0 Å². The average molecular weight is 210 g/mol. The van der Waals surface area contributed by atoms with Gasteiger partial charge in [0.25, 0.3) is 0 Å². The number of hydrogen-bond acceptors (Lipinski definition) is 0. The fraction of sp³-hybridized carbons (Fsp3) is 0.667. The molecule has 0 spiro atoms. The second-order valence-corrected chi connectivity index (χ2v) is 3.28. The summed E-state index contributed by atoms with van der Waals surface area (Å²) in [6, 6.07) is 0. The zero-order valence-corrected chi connectivity index (χ0v) is 7.03. The van der Waals surface area contributed by atoms with Gasteiger partial charge < -0.3 is 0 Å². The minimum Gasteiger partial charge on any atom is -0.0755 e. The van der Waals surface area contributed by atoms with Gasteiger partial charge in [0.2, 0.25) is 0 Å². The normalized spacial score (nSPS) is 12.1. The summed E-state index contributed by atoms with van der Waals surface area (Å²) in [4.78, 5) is 0. The van der Waals surface area contributed by atoms with Crippen molar-refractivity contribution in [3.05, 3.63) is 9.66 Å². The van der Waals surface area contributed by atoms with Gasteiger partial charge in [0, 0.05) is 0 Å². The number of hydrogen-bond donors (Lipinski definition) is 0. The van der Waals surface area contributed by atoms with Gasteiger partial charge in [-0.25, -0.2) is 0 Å². The van der Waals surface area contributed by atoms with Crippen molar-refractivity contribution >= 4 is 22.6 Å². The third kappa shape index (κ3) is 6.47. The number of rotatable bonds is 2. The van der Waals surface area contributed by atoms with E-state index in [1.807, 2.05) is 0 Å². The van der Waals surface area contributed by atoms with Gasteiger partial charge >= 0.3 is 0 Å². The molecule has 0 saturated heterocycles. The second-order valence-electron chi connectivity index (χ2n) is 1.58. The third-order valence-corrected chi connectivity index (χ3v) is 1.15. The maximum atomic E-state index is 2.33. The molecule has 0 rings (SSSR count). The Balaban J connectivity index is 3.08. The van der Waals surface area contributed by atoms with Crippen LogP contribution in [0.25, 0.3) is 0 Å². The minimum atomic E-state index is 1.23. The van der Waals surface area contributed by atoms with Crippen LogP contribution in [0.2, 0.25) is 0 Å². The minimum absolute atomic E-state index is 1.23. The Morgan fingerprint density at radius 1 is 1.71 bits per heavy atom. The van der Waals surface area contributed by atoms with Crippen molar-refractivity contribution in [2.45, 2.75) is 26.7 Å². The Kier molecular flexibility index (Phi) is 4.94. The molecule has 0 nitrogen and oxygen atoms in total. The molecule has 0 aromatic heterocycles. The van der Waals surface area contributed by atoms with Crippen LogP contribution in [0.15, 0.2) is 9.66 Å². The highest BCUT2D eigenvalue weighted by Gasteiger charge is 1.74. The molecular weight excluding hydrogens is 199 g/mol. The lowest BCUT2D eigenvalue weighted by molar-refractivity contribution is 0.956. The summed E-state index contributed by atoms with van der Waals surface area (Å²) in [5, 5.41) is 0. The van der Waals surface area contributed by atoms with Crippen molar-refractivity contribution < 1.29 is 0 Å². The van der Waals surface area contributed by atoms with Crippen LogP contribution in [0.5, 0.6) is 0 Å².